The number of benzene rings is 1. The van der Waals surface area contributed by atoms with E-state index < -0.39 is 6.04 Å². The topological polar surface area (TPSA) is 103 Å². The van der Waals surface area contributed by atoms with Crippen LogP contribution in [0, 0.1) is 5.92 Å². The van der Waals surface area contributed by atoms with Crippen molar-refractivity contribution in [3.05, 3.63) is 40.4 Å². The Labute approximate surface area is 239 Å². The number of nitrogens with one attached hydrogen (secondary N) is 3. The van der Waals surface area contributed by atoms with Gasteiger partial charge in [-0.3, -0.25) is 19.3 Å². The normalized spacial score (nSPS) is 17.7. The second-order valence-electron chi connectivity index (χ2n) is 10.8. The van der Waals surface area contributed by atoms with Crippen molar-refractivity contribution in [2.45, 2.75) is 76.8 Å². The van der Waals surface area contributed by atoms with E-state index in [0.717, 1.165) is 66.8 Å². The van der Waals surface area contributed by atoms with Gasteiger partial charge < -0.3 is 16.0 Å². The quantitative estimate of drug-likeness (QED) is 0.311. The molecule has 1 aliphatic carbocycles. The number of carbonyl (C=O) groups excluding carboxylic acids is 3. The van der Waals surface area contributed by atoms with Crippen molar-refractivity contribution in [3.63, 3.8) is 0 Å². The maximum atomic E-state index is 13.6. The molecule has 2 atom stereocenters. The number of hydrogen-bond donors (Lipinski definition) is 3. The highest BCUT2D eigenvalue weighted by Crippen LogP contribution is 2.28. The summed E-state index contributed by atoms with van der Waals surface area (Å²) < 4.78 is 0.942. The lowest BCUT2D eigenvalue weighted by molar-refractivity contribution is -0.129. The Balaban J connectivity index is 1.43. The van der Waals surface area contributed by atoms with Crippen LogP contribution in [0.2, 0.25) is 5.02 Å². The first-order chi connectivity index (χ1) is 18.8. The van der Waals surface area contributed by atoms with E-state index in [1.165, 1.54) is 11.3 Å². The number of aromatic nitrogens is 1. The Morgan fingerprint density at radius 3 is 2.62 bits per heavy atom. The number of carbonyl (C=O) groups is 3. The molecule has 1 saturated carbocycles. The molecule has 0 spiro atoms. The Bertz CT molecular complexity index is 1170. The van der Waals surface area contributed by atoms with Gasteiger partial charge in [-0.25, -0.2) is 4.98 Å². The van der Waals surface area contributed by atoms with Crippen molar-refractivity contribution in [3.8, 4) is 0 Å². The third-order valence-corrected chi connectivity index (χ3v) is 8.89. The maximum Gasteiger partial charge on any atom is 0.247 e. The van der Waals surface area contributed by atoms with Crippen LogP contribution in [0.1, 0.15) is 63.3 Å². The van der Waals surface area contributed by atoms with Crippen LogP contribution in [0.15, 0.2) is 30.4 Å². The van der Waals surface area contributed by atoms with E-state index in [0.29, 0.717) is 36.5 Å². The van der Waals surface area contributed by atoms with Crippen LogP contribution in [0.4, 0.5) is 0 Å². The standard InChI is InChI=1S/C29H40ClN5O3S/c1-3-8-26(36)32-23(16-27-33-22-12-11-21(30)15-25(22)39-27)29(38)34-24(20-9-4-5-10-20)17-31-28(37)19(2)18-35-13-6-7-14-35/h11-12,15,20,23-24H,2-10,13-14,16-18H2,1H3,(H,31,37)(H,32,36)(H,34,38)/t23-,24+/m0/s1. The van der Waals surface area contributed by atoms with E-state index in [1.54, 1.807) is 6.07 Å². The van der Waals surface area contributed by atoms with E-state index in [2.05, 4.69) is 32.4 Å². The molecule has 1 saturated heterocycles. The van der Waals surface area contributed by atoms with Gasteiger partial charge in [-0.15, -0.1) is 11.3 Å². The summed E-state index contributed by atoms with van der Waals surface area (Å²) in [6.07, 6.45) is 7.86. The van der Waals surface area contributed by atoms with Gasteiger partial charge in [-0.1, -0.05) is 37.9 Å². The Morgan fingerprint density at radius 1 is 1.15 bits per heavy atom. The first-order valence-corrected chi connectivity index (χ1v) is 15.3. The molecule has 2 fully saturated rings. The monoisotopic (exact) mass is 573 g/mol. The molecule has 0 unspecified atom stereocenters. The molecule has 8 nitrogen and oxygen atoms in total. The molecule has 10 heteroatoms. The van der Waals surface area contributed by atoms with Crippen LogP contribution >= 0.6 is 22.9 Å². The summed E-state index contributed by atoms with van der Waals surface area (Å²) in [5.41, 5.74) is 1.37. The lowest BCUT2D eigenvalue weighted by atomic mass is 9.97. The van der Waals surface area contributed by atoms with Crippen molar-refractivity contribution < 1.29 is 14.4 Å². The Kier molecular flexibility index (Phi) is 10.8. The molecule has 2 aliphatic rings. The van der Waals surface area contributed by atoms with Crippen molar-refractivity contribution in [2.24, 2.45) is 5.92 Å². The molecule has 1 aromatic heterocycles. The summed E-state index contributed by atoms with van der Waals surface area (Å²) in [6, 6.07) is 4.53. The number of likely N-dealkylation sites (tertiary alicyclic amines) is 1. The lowest BCUT2D eigenvalue weighted by Crippen LogP contribution is -2.55. The first kappa shape index (κ1) is 29.5. The zero-order valence-corrected chi connectivity index (χ0v) is 24.3. The summed E-state index contributed by atoms with van der Waals surface area (Å²) in [6.45, 7) is 8.84. The number of rotatable bonds is 13. The minimum Gasteiger partial charge on any atom is -0.350 e. The highest BCUT2D eigenvalue weighted by Gasteiger charge is 2.31. The van der Waals surface area contributed by atoms with Crippen molar-refractivity contribution in [2.75, 3.05) is 26.2 Å². The summed E-state index contributed by atoms with van der Waals surface area (Å²) in [5, 5.41) is 10.5. The third kappa shape index (κ3) is 8.50. The Hall–Kier alpha value is -2.49. The predicted octanol–water partition coefficient (Wildman–Crippen LogP) is 4.22. The van der Waals surface area contributed by atoms with Crippen LogP contribution < -0.4 is 16.0 Å². The van der Waals surface area contributed by atoms with Gasteiger partial charge in [0.15, 0.2) is 0 Å². The molecular weight excluding hydrogens is 534 g/mol. The summed E-state index contributed by atoms with van der Waals surface area (Å²) in [5.74, 6) is -0.303. The number of halogens is 1. The van der Waals surface area contributed by atoms with Crippen LogP contribution in [0.3, 0.4) is 0 Å². The number of fused-ring (bicyclic) bond motifs is 1. The average molecular weight is 574 g/mol. The molecule has 0 radical (unpaired) electrons. The third-order valence-electron chi connectivity index (χ3n) is 7.62. The van der Waals surface area contributed by atoms with Crippen LogP contribution in [-0.2, 0) is 20.8 Å². The van der Waals surface area contributed by atoms with Gasteiger partial charge in [0.05, 0.1) is 15.2 Å². The van der Waals surface area contributed by atoms with Gasteiger partial charge in [0.2, 0.25) is 17.7 Å². The summed E-state index contributed by atoms with van der Waals surface area (Å²) in [4.78, 5) is 45.9. The molecular formula is C29H40ClN5O3S. The van der Waals surface area contributed by atoms with Gasteiger partial charge in [-0.05, 0) is 69.3 Å². The number of thiazole rings is 1. The largest absolute Gasteiger partial charge is 0.350 e. The van der Waals surface area contributed by atoms with Gasteiger partial charge in [0, 0.05) is 42.6 Å². The zero-order chi connectivity index (χ0) is 27.8. The molecule has 1 aliphatic heterocycles. The fraction of sp³-hybridized carbons (Fsp3) is 0.586. The van der Waals surface area contributed by atoms with Gasteiger partial charge in [0.25, 0.3) is 0 Å². The molecule has 3 amide bonds. The number of nitrogens with zero attached hydrogens (tertiary/aromatic N) is 2. The lowest BCUT2D eigenvalue weighted by Gasteiger charge is -2.28. The van der Waals surface area contributed by atoms with E-state index >= 15 is 0 Å². The predicted molar refractivity (Wildman–Crippen MR) is 157 cm³/mol. The molecule has 3 N–H and O–H groups in total. The molecule has 39 heavy (non-hydrogen) atoms. The van der Waals surface area contributed by atoms with Crippen molar-refractivity contribution in [1.29, 1.82) is 0 Å². The van der Waals surface area contributed by atoms with E-state index in [4.69, 9.17) is 11.6 Å². The van der Waals surface area contributed by atoms with Crippen LogP contribution in [0.5, 0.6) is 0 Å². The minimum atomic E-state index is -0.759. The second kappa shape index (κ2) is 14.2. The van der Waals surface area contributed by atoms with Gasteiger partial charge in [-0.2, -0.15) is 0 Å². The molecule has 4 rings (SSSR count). The fourth-order valence-electron chi connectivity index (χ4n) is 5.50. The van der Waals surface area contributed by atoms with Gasteiger partial charge >= 0.3 is 0 Å². The summed E-state index contributed by atoms with van der Waals surface area (Å²) in [7, 11) is 0. The Morgan fingerprint density at radius 2 is 1.90 bits per heavy atom. The van der Waals surface area contributed by atoms with Crippen molar-refractivity contribution in [1.82, 2.24) is 25.8 Å². The van der Waals surface area contributed by atoms with E-state index in [9.17, 15) is 14.4 Å². The number of hydrogen-bond acceptors (Lipinski definition) is 6. The smallest absolute Gasteiger partial charge is 0.247 e. The highest BCUT2D eigenvalue weighted by molar-refractivity contribution is 7.18. The minimum absolute atomic E-state index is 0.161. The molecule has 2 aromatic rings. The maximum absolute atomic E-state index is 13.6. The number of amides is 3. The molecule has 2 heterocycles. The zero-order valence-electron chi connectivity index (χ0n) is 22.8. The molecule has 1 aromatic carbocycles. The van der Waals surface area contributed by atoms with Crippen molar-refractivity contribution >= 4 is 50.9 Å². The molecule has 0 bridgehead atoms. The van der Waals surface area contributed by atoms with E-state index in [1.807, 2.05) is 19.1 Å². The van der Waals surface area contributed by atoms with Crippen LogP contribution in [0.25, 0.3) is 10.2 Å². The van der Waals surface area contributed by atoms with E-state index in [-0.39, 0.29) is 36.1 Å². The highest BCUT2D eigenvalue weighted by atomic mass is 35.5. The SMILES string of the molecule is C=C(CN1CCCC1)C(=O)NC[C@@H](NC(=O)[C@H](Cc1nc2ccc(Cl)cc2s1)NC(=O)CCC)C1CCCC1. The van der Waals surface area contributed by atoms with Crippen LogP contribution in [-0.4, -0.2) is 65.9 Å². The average Bonchev–Trinajstić information content (AvgIpc) is 3.68. The molecule has 212 valence electrons. The van der Waals surface area contributed by atoms with Gasteiger partial charge in [0.1, 0.15) is 6.04 Å². The second-order valence-corrected chi connectivity index (χ2v) is 12.3. The summed E-state index contributed by atoms with van der Waals surface area (Å²) >= 11 is 7.62. The first-order valence-electron chi connectivity index (χ1n) is 14.2. The fourth-order valence-corrected chi connectivity index (χ4v) is 6.79.